The Morgan fingerprint density at radius 1 is 1.50 bits per heavy atom. The van der Waals surface area contributed by atoms with Crippen molar-refractivity contribution in [2.75, 3.05) is 20.1 Å². The van der Waals surface area contributed by atoms with E-state index in [1.54, 1.807) is 0 Å². The van der Waals surface area contributed by atoms with Crippen molar-refractivity contribution in [2.24, 2.45) is 4.99 Å². The second-order valence-corrected chi connectivity index (χ2v) is 3.71. The molecule has 1 aliphatic heterocycles. The van der Waals surface area contributed by atoms with Gasteiger partial charge in [-0.1, -0.05) is 0 Å². The third-order valence-corrected chi connectivity index (χ3v) is 2.51. The van der Waals surface area contributed by atoms with Crippen LogP contribution in [0.3, 0.4) is 0 Å². The molecule has 0 N–H and O–H groups in total. The third-order valence-electron chi connectivity index (χ3n) is 2.51. The molecule has 0 amide bonds. The molecule has 1 aliphatic rings. The van der Waals surface area contributed by atoms with Gasteiger partial charge in [0.2, 0.25) is 0 Å². The number of hydrogen-bond acceptors (Lipinski definition) is 3. The maximum atomic E-state index is 10.1. The first kappa shape index (κ1) is 9.58. The molecule has 0 aromatic rings. The summed E-state index contributed by atoms with van der Waals surface area (Å²) in [6.07, 6.45) is 3.48. The van der Waals surface area contributed by atoms with Gasteiger partial charge in [-0.3, -0.25) is 0 Å². The van der Waals surface area contributed by atoms with Crippen molar-refractivity contribution in [1.82, 2.24) is 4.90 Å². The molecule has 1 saturated heterocycles. The Labute approximate surface area is 74.1 Å². The van der Waals surface area contributed by atoms with E-state index in [1.165, 1.54) is 6.11 Å². The predicted octanol–water partition coefficient (Wildman–Crippen LogP) is 0.549. The van der Waals surface area contributed by atoms with Crippen LogP contribution in [0.25, 0.3) is 0 Å². The minimum absolute atomic E-state index is 0.00736. The zero-order chi connectivity index (χ0) is 9.03. The summed E-state index contributed by atoms with van der Waals surface area (Å²) < 4.78 is 10.1. The van der Waals surface area contributed by atoms with Crippen molar-refractivity contribution < 1.29 is 4.70 Å². The molecule has 3 nitrogen and oxygen atoms in total. The van der Waals surface area contributed by atoms with Gasteiger partial charge in [-0.25, -0.2) is 0 Å². The Kier molecular flexibility index (Phi) is 3.15. The Morgan fingerprint density at radius 3 is 2.58 bits per heavy atom. The molecular weight excluding hydrogens is 151 g/mol. The van der Waals surface area contributed by atoms with Crippen LogP contribution in [0.4, 0.5) is 0 Å². The number of hydrogen-bond donors (Lipinski definition) is 0. The molecule has 0 radical (unpaired) electrons. The summed E-state index contributed by atoms with van der Waals surface area (Å²) in [5, 5.41) is 0. The summed E-state index contributed by atoms with van der Waals surface area (Å²) in [4.78, 5) is 6.54. The van der Waals surface area contributed by atoms with Crippen LogP contribution in [0, 0.1) is 0 Å². The Bertz CT molecular complexity index is 185. The topological polar surface area (TPSA) is 32.7 Å². The fraction of sp³-hybridized carbons (Fsp3) is 0.875. The van der Waals surface area contributed by atoms with E-state index in [0.717, 1.165) is 33.1 Å². The van der Waals surface area contributed by atoms with Crippen molar-refractivity contribution in [3.05, 3.63) is 0 Å². The molecule has 0 saturated carbocycles. The van der Waals surface area contributed by atoms with Gasteiger partial charge in [0.25, 0.3) is 0 Å². The molecule has 0 aliphatic carbocycles. The summed E-state index contributed by atoms with van der Waals surface area (Å²) >= 11 is 0. The summed E-state index contributed by atoms with van der Waals surface area (Å²) in [5.41, 5.74) is 0.00736. The first-order chi connectivity index (χ1) is 5.66. The van der Waals surface area contributed by atoms with Crippen LogP contribution >= 0.6 is 0 Å². The molecule has 4 heteroatoms. The van der Waals surface area contributed by atoms with Crippen LogP contribution in [-0.2, 0) is 4.70 Å². The molecule has 0 aromatic heterocycles. The van der Waals surface area contributed by atoms with E-state index in [9.17, 15) is 4.70 Å². The van der Waals surface area contributed by atoms with Crippen LogP contribution < -0.4 is 0 Å². The fourth-order valence-electron chi connectivity index (χ4n) is 1.44. The molecular formula is C8H15BN2O. The molecule has 66 valence electrons. The maximum absolute atomic E-state index is 10.1. The van der Waals surface area contributed by atoms with Crippen molar-refractivity contribution in [2.45, 2.75) is 25.3 Å². The average molecular weight is 166 g/mol. The minimum atomic E-state index is 0.00736. The van der Waals surface area contributed by atoms with Crippen LogP contribution in [-0.4, -0.2) is 43.8 Å². The summed E-state index contributed by atoms with van der Waals surface area (Å²) in [5.74, 6) is 0. The second-order valence-electron chi connectivity index (χ2n) is 3.71. The quantitative estimate of drug-likeness (QED) is 0.443. The summed E-state index contributed by atoms with van der Waals surface area (Å²) in [7, 11) is 2.87. The van der Waals surface area contributed by atoms with Gasteiger partial charge in [0.05, 0.1) is 0 Å². The van der Waals surface area contributed by atoms with Crippen molar-refractivity contribution in [1.29, 1.82) is 0 Å². The van der Waals surface area contributed by atoms with E-state index < -0.39 is 0 Å². The van der Waals surface area contributed by atoms with Gasteiger partial charge < -0.3 is 0 Å². The fourth-order valence-corrected chi connectivity index (χ4v) is 1.44. The van der Waals surface area contributed by atoms with E-state index in [1.807, 2.05) is 0 Å². The van der Waals surface area contributed by atoms with Gasteiger partial charge in [-0.15, -0.1) is 0 Å². The normalized spacial score (nSPS) is 24.2. The van der Waals surface area contributed by atoms with Gasteiger partial charge in [-0.05, 0) is 0 Å². The van der Waals surface area contributed by atoms with Crippen molar-refractivity contribution >= 4 is 13.3 Å². The van der Waals surface area contributed by atoms with Gasteiger partial charge in [0.1, 0.15) is 0 Å². The van der Waals surface area contributed by atoms with Gasteiger partial charge >= 0.3 is 73.3 Å². The van der Waals surface area contributed by atoms with E-state index in [-0.39, 0.29) is 5.54 Å². The first-order valence-electron chi connectivity index (χ1n) is 4.34. The Hall–Kier alpha value is -0.505. The van der Waals surface area contributed by atoms with Gasteiger partial charge in [0.15, 0.2) is 0 Å². The van der Waals surface area contributed by atoms with E-state index in [2.05, 4.69) is 23.9 Å². The molecule has 0 aromatic carbocycles. The van der Waals surface area contributed by atoms with Crippen LogP contribution in [0.2, 0.25) is 0 Å². The first-order valence-corrected chi connectivity index (χ1v) is 4.34. The molecule has 0 unspecified atom stereocenters. The monoisotopic (exact) mass is 166 g/mol. The van der Waals surface area contributed by atoms with Gasteiger partial charge in [-0.2, -0.15) is 0 Å². The standard InChI is InChI=1S/C8H15BN2O/c1-8(10-7-9-12)3-5-11(2)6-4-8/h7H,3-6H2,1-2H3. The molecule has 1 rings (SSSR count). The number of aliphatic imine (C=N–C) groups is 1. The zero-order valence-electron chi connectivity index (χ0n) is 7.79. The summed E-state index contributed by atoms with van der Waals surface area (Å²) in [6, 6.07) is 0. The average Bonchev–Trinajstić information content (AvgIpc) is 2.08. The van der Waals surface area contributed by atoms with E-state index in [0.29, 0.717) is 0 Å². The van der Waals surface area contributed by atoms with E-state index >= 15 is 0 Å². The Balaban J connectivity index is 2.49. The zero-order valence-corrected chi connectivity index (χ0v) is 7.79. The van der Waals surface area contributed by atoms with Crippen molar-refractivity contribution in [3.63, 3.8) is 0 Å². The SMILES string of the molecule is CN1CCC(C)(N=CB=O)CC1. The van der Waals surface area contributed by atoms with Crippen LogP contribution in [0.1, 0.15) is 19.8 Å². The Morgan fingerprint density at radius 2 is 2.08 bits per heavy atom. The third kappa shape index (κ3) is 2.52. The summed E-state index contributed by atoms with van der Waals surface area (Å²) in [6.45, 7) is 4.26. The second kappa shape index (κ2) is 3.94. The molecule has 12 heavy (non-hydrogen) atoms. The number of rotatable bonds is 2. The van der Waals surface area contributed by atoms with Crippen molar-refractivity contribution in [3.8, 4) is 0 Å². The molecule has 0 bridgehead atoms. The molecule has 0 atom stereocenters. The number of piperidine rings is 1. The van der Waals surface area contributed by atoms with E-state index in [4.69, 9.17) is 0 Å². The van der Waals surface area contributed by atoms with Crippen LogP contribution in [0.15, 0.2) is 4.99 Å². The molecule has 1 heterocycles. The van der Waals surface area contributed by atoms with Crippen LogP contribution in [0.5, 0.6) is 0 Å². The molecule has 0 spiro atoms. The number of nitrogens with zero attached hydrogens (tertiary/aromatic N) is 2. The molecule has 1 fully saturated rings. The predicted molar refractivity (Wildman–Crippen MR) is 50.1 cm³/mol. The van der Waals surface area contributed by atoms with Gasteiger partial charge in [0, 0.05) is 0 Å². The number of likely N-dealkylation sites (tertiary alicyclic amines) is 1.